The second-order valence-electron chi connectivity index (χ2n) is 6.11. The minimum absolute atomic E-state index is 0.0280. The van der Waals surface area contributed by atoms with E-state index in [2.05, 4.69) is 5.32 Å². The SMILES string of the molecule is CC(N)C(=O)N1CCC(CNC(=O)OC(C)(C)C)C1. The maximum Gasteiger partial charge on any atom is 0.407 e. The summed E-state index contributed by atoms with van der Waals surface area (Å²) in [4.78, 5) is 25.0. The summed E-state index contributed by atoms with van der Waals surface area (Å²) >= 11 is 0. The van der Waals surface area contributed by atoms with Crippen LogP contribution >= 0.6 is 0 Å². The third kappa shape index (κ3) is 5.46. The van der Waals surface area contributed by atoms with Gasteiger partial charge in [-0.1, -0.05) is 0 Å². The molecule has 1 fully saturated rings. The molecule has 1 rings (SSSR count). The number of nitrogens with one attached hydrogen (secondary N) is 1. The molecule has 6 heteroatoms. The fourth-order valence-corrected chi connectivity index (χ4v) is 2.03. The van der Waals surface area contributed by atoms with Crippen LogP contribution in [-0.2, 0) is 9.53 Å². The second-order valence-corrected chi connectivity index (χ2v) is 6.11. The third-order valence-corrected chi connectivity index (χ3v) is 2.92. The minimum atomic E-state index is -0.489. The van der Waals surface area contributed by atoms with Gasteiger partial charge in [0.05, 0.1) is 6.04 Å². The number of ether oxygens (including phenoxy) is 1. The largest absolute Gasteiger partial charge is 0.444 e. The average molecular weight is 271 g/mol. The zero-order valence-electron chi connectivity index (χ0n) is 12.2. The molecule has 6 nitrogen and oxygen atoms in total. The van der Waals surface area contributed by atoms with E-state index in [9.17, 15) is 9.59 Å². The van der Waals surface area contributed by atoms with Gasteiger partial charge in [0.2, 0.25) is 5.91 Å². The van der Waals surface area contributed by atoms with Crippen LogP contribution in [0.5, 0.6) is 0 Å². The average Bonchev–Trinajstić information content (AvgIpc) is 2.71. The van der Waals surface area contributed by atoms with Gasteiger partial charge in [0.1, 0.15) is 5.60 Å². The number of hydrogen-bond acceptors (Lipinski definition) is 4. The lowest BCUT2D eigenvalue weighted by atomic mass is 10.1. The van der Waals surface area contributed by atoms with E-state index in [1.54, 1.807) is 11.8 Å². The van der Waals surface area contributed by atoms with Crippen LogP contribution in [0, 0.1) is 5.92 Å². The lowest BCUT2D eigenvalue weighted by molar-refractivity contribution is -0.131. The number of nitrogens with two attached hydrogens (primary N) is 1. The molecule has 1 saturated heterocycles. The Kier molecular flexibility index (Phi) is 5.17. The van der Waals surface area contributed by atoms with Gasteiger partial charge in [0, 0.05) is 19.6 Å². The zero-order chi connectivity index (χ0) is 14.6. The highest BCUT2D eigenvalue weighted by Gasteiger charge is 2.28. The summed E-state index contributed by atoms with van der Waals surface area (Å²) in [6.07, 6.45) is 0.471. The van der Waals surface area contributed by atoms with Crippen LogP contribution in [0.3, 0.4) is 0 Å². The Bertz CT molecular complexity index is 337. The molecule has 0 saturated carbocycles. The Hall–Kier alpha value is -1.30. The van der Waals surface area contributed by atoms with E-state index < -0.39 is 17.7 Å². The summed E-state index contributed by atoms with van der Waals surface area (Å²) in [6, 6.07) is -0.461. The van der Waals surface area contributed by atoms with Crippen molar-refractivity contribution in [3.63, 3.8) is 0 Å². The van der Waals surface area contributed by atoms with Gasteiger partial charge in [0.25, 0.3) is 0 Å². The summed E-state index contributed by atoms with van der Waals surface area (Å²) in [6.45, 7) is 9.05. The molecule has 0 aromatic rings. The van der Waals surface area contributed by atoms with Crippen molar-refractivity contribution in [2.24, 2.45) is 11.7 Å². The maximum atomic E-state index is 11.7. The number of amides is 2. The van der Waals surface area contributed by atoms with Crippen LogP contribution in [0.4, 0.5) is 4.79 Å². The highest BCUT2D eigenvalue weighted by molar-refractivity contribution is 5.81. The fourth-order valence-electron chi connectivity index (χ4n) is 2.03. The summed E-state index contributed by atoms with van der Waals surface area (Å²) in [5.74, 6) is 0.245. The number of nitrogens with zero attached hydrogens (tertiary/aromatic N) is 1. The van der Waals surface area contributed by atoms with Gasteiger partial charge in [-0.25, -0.2) is 4.79 Å². The van der Waals surface area contributed by atoms with E-state index in [0.29, 0.717) is 19.6 Å². The van der Waals surface area contributed by atoms with Crippen LogP contribution in [0.1, 0.15) is 34.1 Å². The molecule has 0 bridgehead atoms. The standard InChI is InChI=1S/C13H25N3O3/c1-9(14)11(17)16-6-5-10(8-16)7-15-12(18)19-13(2,3)4/h9-10H,5-8,14H2,1-4H3,(H,15,18). The quantitative estimate of drug-likeness (QED) is 0.791. The molecule has 3 N–H and O–H groups in total. The van der Waals surface area contributed by atoms with Gasteiger partial charge in [-0.05, 0) is 40.0 Å². The van der Waals surface area contributed by atoms with Crippen LogP contribution in [0.15, 0.2) is 0 Å². The molecule has 19 heavy (non-hydrogen) atoms. The molecule has 2 atom stereocenters. The van der Waals surface area contributed by atoms with Gasteiger partial charge < -0.3 is 20.7 Å². The van der Waals surface area contributed by atoms with Gasteiger partial charge in [0.15, 0.2) is 0 Å². The van der Waals surface area contributed by atoms with Crippen molar-refractivity contribution < 1.29 is 14.3 Å². The molecule has 0 radical (unpaired) electrons. The summed E-state index contributed by atoms with van der Waals surface area (Å²) < 4.78 is 5.16. The van der Waals surface area contributed by atoms with Crippen molar-refractivity contribution in [3.8, 4) is 0 Å². The number of carbonyl (C=O) groups excluding carboxylic acids is 2. The molecule has 0 aromatic heterocycles. The van der Waals surface area contributed by atoms with Crippen molar-refractivity contribution in [1.82, 2.24) is 10.2 Å². The lowest BCUT2D eigenvalue weighted by Gasteiger charge is -2.21. The van der Waals surface area contributed by atoms with Crippen LogP contribution in [0.2, 0.25) is 0 Å². The lowest BCUT2D eigenvalue weighted by Crippen LogP contribution is -2.41. The van der Waals surface area contributed by atoms with Crippen molar-refractivity contribution in [2.45, 2.75) is 45.8 Å². The molecule has 2 unspecified atom stereocenters. The van der Waals surface area contributed by atoms with Crippen LogP contribution < -0.4 is 11.1 Å². The Morgan fingerprint density at radius 2 is 2.11 bits per heavy atom. The minimum Gasteiger partial charge on any atom is -0.444 e. The van der Waals surface area contributed by atoms with E-state index in [0.717, 1.165) is 6.42 Å². The monoisotopic (exact) mass is 271 g/mol. The molecule has 0 aromatic carbocycles. The van der Waals surface area contributed by atoms with Gasteiger partial charge in [-0.15, -0.1) is 0 Å². The number of likely N-dealkylation sites (tertiary alicyclic amines) is 1. The Labute approximate surface area is 114 Å². The third-order valence-electron chi connectivity index (χ3n) is 2.92. The highest BCUT2D eigenvalue weighted by atomic mass is 16.6. The van der Waals surface area contributed by atoms with Gasteiger partial charge >= 0.3 is 6.09 Å². The highest BCUT2D eigenvalue weighted by Crippen LogP contribution is 2.16. The molecule has 0 aliphatic carbocycles. The first-order valence-corrected chi connectivity index (χ1v) is 6.70. The molecular formula is C13H25N3O3. The van der Waals surface area contributed by atoms with Gasteiger partial charge in [-0.2, -0.15) is 0 Å². The first-order valence-electron chi connectivity index (χ1n) is 6.70. The molecule has 1 aliphatic heterocycles. The number of carbonyl (C=O) groups is 2. The molecule has 110 valence electrons. The zero-order valence-corrected chi connectivity index (χ0v) is 12.2. The number of alkyl carbamates (subject to hydrolysis) is 1. The maximum absolute atomic E-state index is 11.7. The Morgan fingerprint density at radius 3 is 2.63 bits per heavy atom. The second kappa shape index (κ2) is 6.23. The van der Waals surface area contributed by atoms with E-state index in [1.807, 2.05) is 20.8 Å². The molecule has 1 aliphatic rings. The van der Waals surface area contributed by atoms with Crippen molar-refractivity contribution in [2.75, 3.05) is 19.6 Å². The van der Waals surface area contributed by atoms with Crippen molar-refractivity contribution in [1.29, 1.82) is 0 Å². The van der Waals surface area contributed by atoms with Crippen molar-refractivity contribution in [3.05, 3.63) is 0 Å². The molecule has 2 amide bonds. The fraction of sp³-hybridized carbons (Fsp3) is 0.846. The first-order chi connectivity index (χ1) is 8.69. The van der Waals surface area contributed by atoms with Crippen molar-refractivity contribution >= 4 is 12.0 Å². The molecular weight excluding hydrogens is 246 g/mol. The van der Waals surface area contributed by atoms with E-state index >= 15 is 0 Å². The Morgan fingerprint density at radius 1 is 1.47 bits per heavy atom. The smallest absolute Gasteiger partial charge is 0.407 e. The molecule has 1 heterocycles. The van der Waals surface area contributed by atoms with E-state index in [-0.39, 0.29) is 11.8 Å². The van der Waals surface area contributed by atoms with Gasteiger partial charge in [-0.3, -0.25) is 4.79 Å². The van der Waals surface area contributed by atoms with E-state index in [4.69, 9.17) is 10.5 Å². The topological polar surface area (TPSA) is 84.7 Å². The predicted molar refractivity (Wildman–Crippen MR) is 72.6 cm³/mol. The van der Waals surface area contributed by atoms with Crippen LogP contribution in [0.25, 0.3) is 0 Å². The molecule has 0 spiro atoms. The predicted octanol–water partition coefficient (Wildman–Crippen LogP) is 0.707. The summed E-state index contributed by atoms with van der Waals surface area (Å²) in [5, 5.41) is 2.74. The number of hydrogen-bond donors (Lipinski definition) is 2. The summed E-state index contributed by atoms with van der Waals surface area (Å²) in [5.41, 5.74) is 5.08. The van der Waals surface area contributed by atoms with Crippen LogP contribution in [-0.4, -0.2) is 48.2 Å². The summed E-state index contributed by atoms with van der Waals surface area (Å²) in [7, 11) is 0. The first kappa shape index (κ1) is 15.8. The van der Waals surface area contributed by atoms with E-state index in [1.165, 1.54) is 0 Å². The Balaban J connectivity index is 2.30. The normalized spacial score (nSPS) is 21.1. The number of rotatable bonds is 3.